The fourth-order valence-corrected chi connectivity index (χ4v) is 3.21. The van der Waals surface area contributed by atoms with E-state index in [2.05, 4.69) is 37.5 Å². The van der Waals surface area contributed by atoms with Gasteiger partial charge in [-0.15, -0.1) is 16.4 Å². The number of halogens is 1. The van der Waals surface area contributed by atoms with Crippen LogP contribution < -0.4 is 5.32 Å². The standard InChI is InChI=1S/C11H12BrN3O2S/c12-7-4-8(18-6-7)5-13-11-15-14-10(17-11)9-2-1-3-16-9/h4,6,9H,1-3,5H2,(H,13,15)/t9-/m0/s1. The quantitative estimate of drug-likeness (QED) is 0.931. The molecule has 0 aliphatic carbocycles. The van der Waals surface area contributed by atoms with Crippen molar-refractivity contribution in [3.63, 3.8) is 0 Å². The molecular weight excluding hydrogens is 318 g/mol. The molecule has 5 nitrogen and oxygen atoms in total. The number of hydrogen-bond donors (Lipinski definition) is 1. The van der Waals surface area contributed by atoms with E-state index in [0.717, 1.165) is 23.9 Å². The molecule has 2 aromatic heterocycles. The number of nitrogens with one attached hydrogen (secondary N) is 1. The molecule has 0 saturated carbocycles. The van der Waals surface area contributed by atoms with Crippen molar-refractivity contribution in [2.24, 2.45) is 0 Å². The Balaban J connectivity index is 1.59. The summed E-state index contributed by atoms with van der Waals surface area (Å²) in [6, 6.07) is 2.51. The first-order valence-corrected chi connectivity index (χ1v) is 7.40. The van der Waals surface area contributed by atoms with E-state index in [9.17, 15) is 0 Å². The van der Waals surface area contributed by atoms with Crippen molar-refractivity contribution < 1.29 is 9.15 Å². The van der Waals surface area contributed by atoms with Crippen LogP contribution >= 0.6 is 27.3 Å². The van der Waals surface area contributed by atoms with E-state index in [1.54, 1.807) is 11.3 Å². The maximum Gasteiger partial charge on any atom is 0.315 e. The van der Waals surface area contributed by atoms with Crippen molar-refractivity contribution in [2.75, 3.05) is 11.9 Å². The normalized spacial score (nSPS) is 19.3. The summed E-state index contributed by atoms with van der Waals surface area (Å²) in [4.78, 5) is 1.21. The largest absolute Gasteiger partial charge is 0.405 e. The van der Waals surface area contributed by atoms with Crippen LogP contribution in [0, 0.1) is 0 Å². The van der Waals surface area contributed by atoms with Crippen LogP contribution in [0.5, 0.6) is 0 Å². The van der Waals surface area contributed by atoms with Gasteiger partial charge in [0.05, 0.1) is 6.54 Å². The Morgan fingerprint density at radius 1 is 1.50 bits per heavy atom. The predicted octanol–water partition coefficient (Wildman–Crippen LogP) is 3.36. The smallest absolute Gasteiger partial charge is 0.315 e. The van der Waals surface area contributed by atoms with Gasteiger partial charge < -0.3 is 14.5 Å². The highest BCUT2D eigenvalue weighted by Crippen LogP contribution is 2.28. The maximum atomic E-state index is 5.53. The van der Waals surface area contributed by atoms with Crippen molar-refractivity contribution in [1.82, 2.24) is 10.2 Å². The van der Waals surface area contributed by atoms with Crippen LogP contribution in [0.15, 0.2) is 20.3 Å². The lowest BCUT2D eigenvalue weighted by atomic mass is 10.2. The van der Waals surface area contributed by atoms with Gasteiger partial charge >= 0.3 is 6.01 Å². The summed E-state index contributed by atoms with van der Waals surface area (Å²) in [5.41, 5.74) is 0. The highest BCUT2D eigenvalue weighted by Gasteiger charge is 2.23. The second kappa shape index (κ2) is 5.38. The minimum Gasteiger partial charge on any atom is -0.405 e. The third kappa shape index (κ3) is 2.73. The molecule has 1 fully saturated rings. The van der Waals surface area contributed by atoms with Crippen LogP contribution in [0.4, 0.5) is 6.01 Å². The van der Waals surface area contributed by atoms with Crippen molar-refractivity contribution >= 4 is 33.3 Å². The molecule has 0 radical (unpaired) electrons. The van der Waals surface area contributed by atoms with Crippen molar-refractivity contribution in [2.45, 2.75) is 25.5 Å². The summed E-state index contributed by atoms with van der Waals surface area (Å²) < 4.78 is 12.1. The van der Waals surface area contributed by atoms with E-state index in [-0.39, 0.29) is 6.10 Å². The average Bonchev–Trinajstić information content (AvgIpc) is 3.07. The van der Waals surface area contributed by atoms with Gasteiger partial charge in [0, 0.05) is 21.3 Å². The molecule has 1 atom stereocenters. The zero-order valence-electron chi connectivity index (χ0n) is 9.56. The molecule has 1 aliphatic heterocycles. The van der Waals surface area contributed by atoms with E-state index in [0.29, 0.717) is 18.5 Å². The predicted molar refractivity (Wildman–Crippen MR) is 71.6 cm³/mol. The number of anilines is 1. The molecule has 96 valence electrons. The number of thiophene rings is 1. The summed E-state index contributed by atoms with van der Waals surface area (Å²) in [5.74, 6) is 0.572. The summed E-state index contributed by atoms with van der Waals surface area (Å²) in [7, 11) is 0. The highest BCUT2D eigenvalue weighted by molar-refractivity contribution is 9.10. The van der Waals surface area contributed by atoms with Gasteiger partial charge in [-0.2, -0.15) is 0 Å². The molecule has 1 N–H and O–H groups in total. The average molecular weight is 330 g/mol. The molecule has 3 rings (SSSR count). The fraction of sp³-hybridized carbons (Fsp3) is 0.455. The van der Waals surface area contributed by atoms with E-state index in [1.165, 1.54) is 4.88 Å². The number of ether oxygens (including phenoxy) is 1. The molecule has 18 heavy (non-hydrogen) atoms. The zero-order chi connectivity index (χ0) is 12.4. The Bertz CT molecular complexity index is 522. The minimum atomic E-state index is -0.0241. The van der Waals surface area contributed by atoms with E-state index in [4.69, 9.17) is 9.15 Å². The Labute approximate surface area is 117 Å². The zero-order valence-corrected chi connectivity index (χ0v) is 12.0. The Hall–Kier alpha value is -0.920. The summed E-state index contributed by atoms with van der Waals surface area (Å²) in [5, 5.41) is 13.1. The molecule has 3 heterocycles. The Morgan fingerprint density at radius 3 is 3.17 bits per heavy atom. The molecule has 0 bridgehead atoms. The summed E-state index contributed by atoms with van der Waals surface area (Å²) in [6.07, 6.45) is 1.99. The second-order valence-electron chi connectivity index (χ2n) is 4.03. The fourth-order valence-electron chi connectivity index (χ4n) is 1.82. The topological polar surface area (TPSA) is 60.2 Å². The maximum absolute atomic E-state index is 5.53. The molecular formula is C11H12BrN3O2S. The van der Waals surface area contributed by atoms with Crippen molar-refractivity contribution in [3.05, 3.63) is 26.7 Å². The SMILES string of the molecule is Brc1csc(CNc2nnc([C@@H]3CCCO3)o2)c1. The number of nitrogens with zero attached hydrogens (tertiary/aromatic N) is 2. The molecule has 0 amide bonds. The first-order valence-electron chi connectivity index (χ1n) is 5.73. The van der Waals surface area contributed by atoms with E-state index < -0.39 is 0 Å². The minimum absolute atomic E-state index is 0.0241. The first kappa shape index (κ1) is 12.1. The van der Waals surface area contributed by atoms with Crippen molar-refractivity contribution in [1.29, 1.82) is 0 Å². The van der Waals surface area contributed by atoms with Gasteiger partial charge in [0.25, 0.3) is 0 Å². The van der Waals surface area contributed by atoms with Crippen LogP contribution in [0.2, 0.25) is 0 Å². The van der Waals surface area contributed by atoms with Gasteiger partial charge in [-0.3, -0.25) is 0 Å². The summed E-state index contributed by atoms with van der Waals surface area (Å²) >= 11 is 5.10. The van der Waals surface area contributed by atoms with Gasteiger partial charge in [-0.05, 0) is 34.8 Å². The van der Waals surface area contributed by atoms with Gasteiger partial charge in [0.15, 0.2) is 0 Å². The van der Waals surface area contributed by atoms with Crippen LogP contribution in [0.1, 0.15) is 29.7 Å². The Kier molecular flexibility index (Phi) is 3.62. The van der Waals surface area contributed by atoms with Gasteiger partial charge in [-0.25, -0.2) is 0 Å². The van der Waals surface area contributed by atoms with E-state index >= 15 is 0 Å². The monoisotopic (exact) mass is 329 g/mol. The second-order valence-corrected chi connectivity index (χ2v) is 5.94. The third-order valence-corrected chi connectivity index (χ3v) is 4.38. The lowest BCUT2D eigenvalue weighted by molar-refractivity contribution is 0.0897. The van der Waals surface area contributed by atoms with Gasteiger partial charge in [-0.1, -0.05) is 5.10 Å². The molecule has 2 aromatic rings. The van der Waals surface area contributed by atoms with E-state index in [1.807, 2.05) is 5.38 Å². The number of hydrogen-bond acceptors (Lipinski definition) is 6. The van der Waals surface area contributed by atoms with Crippen LogP contribution in [-0.2, 0) is 11.3 Å². The molecule has 7 heteroatoms. The molecule has 1 saturated heterocycles. The van der Waals surface area contributed by atoms with Crippen LogP contribution in [0.3, 0.4) is 0 Å². The van der Waals surface area contributed by atoms with Gasteiger partial charge in [0.1, 0.15) is 6.10 Å². The van der Waals surface area contributed by atoms with Gasteiger partial charge in [0.2, 0.25) is 5.89 Å². The lowest BCUT2D eigenvalue weighted by Gasteiger charge is -2.02. The Morgan fingerprint density at radius 2 is 2.44 bits per heavy atom. The third-order valence-electron chi connectivity index (χ3n) is 2.68. The van der Waals surface area contributed by atoms with Crippen LogP contribution in [-0.4, -0.2) is 16.8 Å². The molecule has 0 unspecified atom stereocenters. The molecule has 0 spiro atoms. The summed E-state index contributed by atoms with van der Waals surface area (Å²) in [6.45, 7) is 1.46. The highest BCUT2D eigenvalue weighted by atomic mass is 79.9. The molecule has 1 aliphatic rings. The first-order chi connectivity index (χ1) is 8.81. The molecule has 0 aromatic carbocycles. The van der Waals surface area contributed by atoms with Crippen LogP contribution in [0.25, 0.3) is 0 Å². The number of aromatic nitrogens is 2. The van der Waals surface area contributed by atoms with Crippen molar-refractivity contribution in [3.8, 4) is 0 Å². The number of rotatable bonds is 4. The lowest BCUT2D eigenvalue weighted by Crippen LogP contribution is -1.97.